The van der Waals surface area contributed by atoms with Gasteiger partial charge in [-0.1, -0.05) is 0 Å². The average molecular weight is 272 g/mol. The third-order valence-corrected chi connectivity index (χ3v) is 2.34. The summed E-state index contributed by atoms with van der Waals surface area (Å²) in [7, 11) is 1.40. The van der Waals surface area contributed by atoms with Gasteiger partial charge in [0.2, 0.25) is 11.4 Å². The molecule has 1 aromatic heterocycles. The van der Waals surface area contributed by atoms with Gasteiger partial charge in [-0.05, 0) is 12.1 Å². The summed E-state index contributed by atoms with van der Waals surface area (Å²) in [5, 5.41) is 19.9. The van der Waals surface area contributed by atoms with Crippen LogP contribution in [0.1, 0.15) is 5.69 Å². The number of nitro benzene ring substituents is 1. The highest BCUT2D eigenvalue weighted by Gasteiger charge is 2.19. The van der Waals surface area contributed by atoms with Crippen LogP contribution < -0.4 is 9.47 Å². The molecule has 0 saturated heterocycles. The Balaban J connectivity index is 2.43. The van der Waals surface area contributed by atoms with Crippen LogP contribution in [0.3, 0.4) is 0 Å². The molecule has 0 spiro atoms. The number of hydrogen-bond acceptors (Lipinski definition) is 7. The van der Waals surface area contributed by atoms with Crippen molar-refractivity contribution in [2.45, 2.75) is 0 Å². The normalized spacial score (nSPS) is 9.60. The summed E-state index contributed by atoms with van der Waals surface area (Å²) in [5.74, 6) is 0.180. The Labute approximate surface area is 113 Å². The minimum Gasteiger partial charge on any atom is -0.496 e. The smallest absolute Gasteiger partial charge is 0.315 e. The monoisotopic (exact) mass is 272 g/mol. The molecule has 0 amide bonds. The van der Waals surface area contributed by atoms with Gasteiger partial charge in [0.25, 0.3) is 5.88 Å². The Kier molecular flexibility index (Phi) is 3.72. The highest BCUT2D eigenvalue weighted by Crippen LogP contribution is 2.34. The van der Waals surface area contributed by atoms with E-state index in [0.717, 1.165) is 0 Å². The first kappa shape index (κ1) is 13.2. The van der Waals surface area contributed by atoms with Gasteiger partial charge in [0.15, 0.2) is 0 Å². The second-order valence-corrected chi connectivity index (χ2v) is 3.51. The summed E-state index contributed by atoms with van der Waals surface area (Å²) in [6.45, 7) is 0. The molecule has 0 aliphatic carbocycles. The molecular weight excluding hydrogens is 264 g/mol. The van der Waals surface area contributed by atoms with Gasteiger partial charge in [0.05, 0.1) is 18.1 Å². The first-order valence-corrected chi connectivity index (χ1v) is 5.37. The van der Waals surface area contributed by atoms with Crippen molar-refractivity contribution in [3.8, 4) is 23.4 Å². The van der Waals surface area contributed by atoms with Crippen molar-refractivity contribution in [1.29, 1.82) is 5.26 Å². The summed E-state index contributed by atoms with van der Waals surface area (Å²) in [5.41, 5.74) is -0.350. The molecule has 2 aromatic rings. The zero-order chi connectivity index (χ0) is 14.5. The predicted octanol–water partition coefficient (Wildman–Crippen LogP) is 2.06. The van der Waals surface area contributed by atoms with Crippen molar-refractivity contribution < 1.29 is 14.4 Å². The lowest BCUT2D eigenvalue weighted by Crippen LogP contribution is -1.98. The maximum absolute atomic E-state index is 11.0. The van der Waals surface area contributed by atoms with Gasteiger partial charge in [-0.15, -0.1) is 0 Å². The van der Waals surface area contributed by atoms with E-state index in [2.05, 4.69) is 9.97 Å². The molecule has 0 saturated carbocycles. The number of benzene rings is 1. The first-order valence-electron chi connectivity index (χ1n) is 5.37. The van der Waals surface area contributed by atoms with Crippen LogP contribution in [0.5, 0.6) is 17.4 Å². The van der Waals surface area contributed by atoms with Gasteiger partial charge in [0, 0.05) is 12.4 Å². The van der Waals surface area contributed by atoms with Gasteiger partial charge in [-0.2, -0.15) is 5.26 Å². The molecule has 0 bridgehead atoms. The highest BCUT2D eigenvalue weighted by atomic mass is 16.6. The molecule has 2 rings (SSSR count). The third-order valence-electron chi connectivity index (χ3n) is 2.34. The van der Waals surface area contributed by atoms with Crippen molar-refractivity contribution in [3.63, 3.8) is 0 Å². The lowest BCUT2D eigenvalue weighted by Gasteiger charge is -2.07. The maximum atomic E-state index is 11.0. The standard InChI is InChI=1S/C12H8N4O4/c1-19-8-2-3-11(10(6-8)16(17)18)20-12-9(7-13)14-4-5-15-12/h2-6H,1H3. The van der Waals surface area contributed by atoms with Crippen molar-refractivity contribution in [3.05, 3.63) is 46.4 Å². The van der Waals surface area contributed by atoms with Crippen LogP contribution in [-0.2, 0) is 0 Å². The molecule has 8 nitrogen and oxygen atoms in total. The number of nitro groups is 1. The van der Waals surface area contributed by atoms with Crippen LogP contribution in [-0.4, -0.2) is 22.0 Å². The van der Waals surface area contributed by atoms with Crippen LogP contribution in [0.4, 0.5) is 5.69 Å². The fourth-order valence-electron chi connectivity index (χ4n) is 1.43. The van der Waals surface area contributed by atoms with E-state index in [1.807, 2.05) is 0 Å². The van der Waals surface area contributed by atoms with Crippen LogP contribution in [0.25, 0.3) is 0 Å². The van der Waals surface area contributed by atoms with Gasteiger partial charge < -0.3 is 9.47 Å². The van der Waals surface area contributed by atoms with Crippen LogP contribution in [0.2, 0.25) is 0 Å². The van der Waals surface area contributed by atoms with E-state index in [0.29, 0.717) is 5.75 Å². The lowest BCUT2D eigenvalue weighted by atomic mass is 10.3. The summed E-state index contributed by atoms with van der Waals surface area (Å²) in [4.78, 5) is 18.0. The molecule has 0 fully saturated rings. The van der Waals surface area contributed by atoms with Crippen LogP contribution in [0.15, 0.2) is 30.6 Å². The maximum Gasteiger partial charge on any atom is 0.315 e. The molecule has 0 N–H and O–H groups in total. The largest absolute Gasteiger partial charge is 0.496 e. The molecule has 1 heterocycles. The topological polar surface area (TPSA) is 111 Å². The van der Waals surface area contributed by atoms with E-state index in [-0.39, 0.29) is 23.0 Å². The molecule has 0 radical (unpaired) electrons. The summed E-state index contributed by atoms with van der Waals surface area (Å²) < 4.78 is 10.2. The van der Waals surface area contributed by atoms with E-state index in [4.69, 9.17) is 14.7 Å². The van der Waals surface area contributed by atoms with Crippen molar-refractivity contribution in [1.82, 2.24) is 9.97 Å². The van der Waals surface area contributed by atoms with Gasteiger partial charge in [0.1, 0.15) is 11.8 Å². The highest BCUT2D eigenvalue weighted by molar-refractivity contribution is 5.52. The van der Waals surface area contributed by atoms with E-state index in [9.17, 15) is 10.1 Å². The average Bonchev–Trinajstić information content (AvgIpc) is 2.48. The minimum atomic E-state index is -0.611. The summed E-state index contributed by atoms with van der Waals surface area (Å²) >= 11 is 0. The SMILES string of the molecule is COc1ccc(Oc2nccnc2C#N)c([N+](=O)[O-])c1. The van der Waals surface area contributed by atoms with Gasteiger partial charge in [-0.3, -0.25) is 10.1 Å². The van der Waals surface area contributed by atoms with E-state index < -0.39 is 4.92 Å². The number of aromatic nitrogens is 2. The van der Waals surface area contributed by atoms with Crippen molar-refractivity contribution in [2.24, 2.45) is 0 Å². The Morgan fingerprint density at radius 1 is 1.35 bits per heavy atom. The number of ether oxygens (including phenoxy) is 2. The Hall–Kier alpha value is -3.21. The molecule has 0 aliphatic rings. The number of nitriles is 1. The minimum absolute atomic E-state index is 0.0483. The molecule has 0 unspecified atom stereocenters. The Morgan fingerprint density at radius 2 is 2.10 bits per heavy atom. The zero-order valence-electron chi connectivity index (χ0n) is 10.3. The number of methoxy groups -OCH3 is 1. The van der Waals surface area contributed by atoms with Gasteiger partial charge >= 0.3 is 5.69 Å². The lowest BCUT2D eigenvalue weighted by molar-refractivity contribution is -0.385. The first-order chi connectivity index (χ1) is 9.65. The Bertz CT molecular complexity index is 696. The van der Waals surface area contributed by atoms with Crippen LogP contribution in [0, 0.1) is 21.4 Å². The van der Waals surface area contributed by atoms with E-state index in [1.165, 1.54) is 37.7 Å². The molecule has 100 valence electrons. The Morgan fingerprint density at radius 3 is 2.75 bits per heavy atom. The van der Waals surface area contributed by atoms with E-state index >= 15 is 0 Å². The fourth-order valence-corrected chi connectivity index (χ4v) is 1.43. The summed E-state index contributed by atoms with van der Waals surface area (Å²) in [6, 6.07) is 5.89. The van der Waals surface area contributed by atoms with Crippen molar-refractivity contribution in [2.75, 3.05) is 7.11 Å². The third kappa shape index (κ3) is 2.62. The molecule has 20 heavy (non-hydrogen) atoms. The molecule has 8 heteroatoms. The second kappa shape index (κ2) is 5.62. The quantitative estimate of drug-likeness (QED) is 0.618. The summed E-state index contributed by atoms with van der Waals surface area (Å²) in [6.07, 6.45) is 2.65. The molecule has 1 aromatic carbocycles. The molecule has 0 atom stereocenters. The molecular formula is C12H8N4O4. The number of hydrogen-bond donors (Lipinski definition) is 0. The fraction of sp³-hybridized carbons (Fsp3) is 0.0833. The molecule has 0 aliphatic heterocycles. The number of nitrogens with zero attached hydrogens (tertiary/aromatic N) is 4. The van der Waals surface area contributed by atoms with Crippen LogP contribution >= 0.6 is 0 Å². The number of rotatable bonds is 4. The predicted molar refractivity (Wildman–Crippen MR) is 66.5 cm³/mol. The second-order valence-electron chi connectivity index (χ2n) is 3.51. The van der Waals surface area contributed by atoms with E-state index in [1.54, 1.807) is 6.07 Å². The zero-order valence-corrected chi connectivity index (χ0v) is 10.3. The van der Waals surface area contributed by atoms with Crippen molar-refractivity contribution >= 4 is 5.69 Å². The van der Waals surface area contributed by atoms with Gasteiger partial charge in [-0.25, -0.2) is 9.97 Å².